The van der Waals surface area contributed by atoms with Gasteiger partial charge in [-0.1, -0.05) is 71.7 Å². The molecule has 0 radical (unpaired) electrons. The highest BCUT2D eigenvalue weighted by molar-refractivity contribution is 6.33. The molecule has 38 heavy (non-hydrogen) atoms. The summed E-state index contributed by atoms with van der Waals surface area (Å²) in [4.78, 5) is 17.5. The Bertz CT molecular complexity index is 1370. The fourth-order valence-electron chi connectivity index (χ4n) is 4.50. The predicted molar refractivity (Wildman–Crippen MR) is 156 cm³/mol. The molecule has 194 valence electrons. The van der Waals surface area contributed by atoms with E-state index in [-0.39, 0.29) is 5.91 Å². The van der Waals surface area contributed by atoms with Crippen molar-refractivity contribution in [2.45, 2.75) is 13.2 Å². The largest absolute Gasteiger partial charge is 0.489 e. The number of amides is 1. The van der Waals surface area contributed by atoms with E-state index >= 15 is 0 Å². The van der Waals surface area contributed by atoms with E-state index in [1.165, 1.54) is 0 Å². The molecule has 0 bridgehead atoms. The van der Waals surface area contributed by atoms with E-state index in [0.717, 1.165) is 54.6 Å². The molecule has 1 amide bonds. The highest BCUT2D eigenvalue weighted by Crippen LogP contribution is 2.30. The highest BCUT2D eigenvalue weighted by atomic mass is 35.5. The summed E-state index contributed by atoms with van der Waals surface area (Å²) in [5, 5.41) is 4.37. The van der Waals surface area contributed by atoms with Crippen LogP contribution in [0.5, 0.6) is 5.75 Å². The second-order valence-corrected chi connectivity index (χ2v) is 10.1. The van der Waals surface area contributed by atoms with Crippen molar-refractivity contribution in [1.29, 1.82) is 0 Å². The Labute approximate surface area is 233 Å². The number of halogens is 2. The first-order valence-electron chi connectivity index (χ1n) is 12.6. The first-order valence-corrected chi connectivity index (χ1v) is 13.4. The zero-order valence-electron chi connectivity index (χ0n) is 20.9. The van der Waals surface area contributed by atoms with E-state index in [1.807, 2.05) is 66.7 Å². The fraction of sp³-hybridized carbons (Fsp3) is 0.194. The number of nitrogens with zero attached hydrogens (tertiary/aromatic N) is 2. The number of carbonyl (C=O) groups is 1. The van der Waals surface area contributed by atoms with Gasteiger partial charge in [0.1, 0.15) is 12.4 Å². The van der Waals surface area contributed by atoms with Crippen LogP contribution in [0, 0.1) is 0 Å². The molecule has 0 aliphatic carbocycles. The summed E-state index contributed by atoms with van der Waals surface area (Å²) < 4.78 is 5.81. The average molecular weight is 546 g/mol. The Morgan fingerprint density at radius 1 is 0.789 bits per heavy atom. The third-order valence-electron chi connectivity index (χ3n) is 6.64. The Hall–Kier alpha value is -3.51. The van der Waals surface area contributed by atoms with E-state index in [0.29, 0.717) is 28.6 Å². The van der Waals surface area contributed by atoms with Gasteiger partial charge in [-0.25, -0.2) is 0 Å². The van der Waals surface area contributed by atoms with Crippen molar-refractivity contribution in [2.75, 3.05) is 36.4 Å². The van der Waals surface area contributed by atoms with Crippen molar-refractivity contribution in [3.05, 3.63) is 124 Å². The van der Waals surface area contributed by atoms with Gasteiger partial charge >= 0.3 is 0 Å². The zero-order chi connectivity index (χ0) is 26.3. The molecule has 7 heteroatoms. The van der Waals surface area contributed by atoms with Gasteiger partial charge in [0.25, 0.3) is 5.91 Å². The lowest BCUT2D eigenvalue weighted by Gasteiger charge is -2.36. The van der Waals surface area contributed by atoms with E-state index < -0.39 is 0 Å². The molecular weight excluding hydrogens is 517 g/mol. The molecular formula is C31H29Cl2N3O2. The van der Waals surface area contributed by atoms with Crippen molar-refractivity contribution >= 4 is 40.5 Å². The van der Waals surface area contributed by atoms with Crippen LogP contribution in [0.2, 0.25) is 10.0 Å². The molecule has 5 rings (SSSR count). The minimum absolute atomic E-state index is 0.198. The highest BCUT2D eigenvalue weighted by Gasteiger charge is 2.20. The molecule has 0 aromatic heterocycles. The van der Waals surface area contributed by atoms with Crippen molar-refractivity contribution in [1.82, 2.24) is 4.90 Å². The van der Waals surface area contributed by atoms with E-state index in [2.05, 4.69) is 21.2 Å². The second kappa shape index (κ2) is 12.4. The third-order valence-corrected chi connectivity index (χ3v) is 7.31. The van der Waals surface area contributed by atoms with Crippen molar-refractivity contribution in [3.8, 4) is 5.75 Å². The Balaban J connectivity index is 1.13. The Morgan fingerprint density at radius 2 is 1.50 bits per heavy atom. The molecule has 0 spiro atoms. The number of rotatable bonds is 8. The maximum absolute atomic E-state index is 12.8. The lowest BCUT2D eigenvalue weighted by Crippen LogP contribution is -2.46. The van der Waals surface area contributed by atoms with Crippen molar-refractivity contribution in [3.63, 3.8) is 0 Å². The normalized spacial score (nSPS) is 13.8. The van der Waals surface area contributed by atoms with Gasteiger partial charge in [0.05, 0.1) is 10.7 Å². The summed E-state index contributed by atoms with van der Waals surface area (Å²) in [5.41, 5.74) is 4.42. The SMILES string of the molecule is O=C(Nc1ccc(N2CCN(Cc3ccccc3Cl)CC2)c(Cl)c1)c1ccc(OCc2ccccc2)cc1. The molecule has 0 unspecified atom stereocenters. The second-order valence-electron chi connectivity index (χ2n) is 9.27. The predicted octanol–water partition coefficient (Wildman–Crippen LogP) is 7.15. The van der Waals surface area contributed by atoms with Crippen LogP contribution in [0.3, 0.4) is 0 Å². The molecule has 1 saturated heterocycles. The molecule has 4 aromatic rings. The molecule has 5 nitrogen and oxygen atoms in total. The first kappa shape index (κ1) is 26.1. The topological polar surface area (TPSA) is 44.8 Å². The summed E-state index contributed by atoms with van der Waals surface area (Å²) in [6.07, 6.45) is 0. The Morgan fingerprint density at radius 3 is 2.21 bits per heavy atom. The van der Waals surface area contributed by atoms with Crippen molar-refractivity contribution < 1.29 is 9.53 Å². The molecule has 1 heterocycles. The molecule has 0 saturated carbocycles. The Kier molecular flexibility index (Phi) is 8.49. The third kappa shape index (κ3) is 6.67. The van der Waals surface area contributed by atoms with Gasteiger partial charge < -0.3 is 15.0 Å². The van der Waals surface area contributed by atoms with E-state index in [1.54, 1.807) is 24.3 Å². The van der Waals surface area contributed by atoms with Crippen molar-refractivity contribution in [2.24, 2.45) is 0 Å². The summed E-state index contributed by atoms with van der Waals surface area (Å²) >= 11 is 13.0. The number of carbonyl (C=O) groups excluding carboxylic acids is 1. The standard InChI is InChI=1S/C31H29Cl2N3O2/c32-28-9-5-4-8-25(28)21-35-16-18-36(19-17-35)30-15-12-26(20-29(30)33)34-31(37)24-10-13-27(14-11-24)38-22-23-6-2-1-3-7-23/h1-15,20H,16-19,21-22H2,(H,34,37). The molecule has 4 aromatic carbocycles. The van der Waals surface area contributed by atoms with Gasteiger partial charge in [-0.2, -0.15) is 0 Å². The monoisotopic (exact) mass is 545 g/mol. The van der Waals surface area contributed by atoms with Gasteiger partial charge in [0.2, 0.25) is 0 Å². The van der Waals surface area contributed by atoms with E-state index in [4.69, 9.17) is 27.9 Å². The molecule has 0 atom stereocenters. The lowest BCUT2D eigenvalue weighted by atomic mass is 10.1. The molecule has 1 N–H and O–H groups in total. The molecule has 1 aliphatic heterocycles. The van der Waals surface area contributed by atoms with Gasteiger partial charge in [-0.3, -0.25) is 9.69 Å². The number of anilines is 2. The fourth-order valence-corrected chi connectivity index (χ4v) is 5.00. The number of ether oxygens (including phenoxy) is 1. The number of nitrogens with one attached hydrogen (secondary N) is 1. The van der Waals surface area contributed by atoms with Gasteiger partial charge in [0.15, 0.2) is 0 Å². The van der Waals surface area contributed by atoms with Crippen LogP contribution in [0.25, 0.3) is 0 Å². The number of piperazine rings is 1. The van der Waals surface area contributed by atoms with Gasteiger partial charge in [0, 0.05) is 49.0 Å². The summed E-state index contributed by atoms with van der Waals surface area (Å²) in [6.45, 7) is 4.90. The lowest BCUT2D eigenvalue weighted by molar-refractivity contribution is 0.102. The molecule has 1 fully saturated rings. The minimum Gasteiger partial charge on any atom is -0.489 e. The average Bonchev–Trinajstić information content (AvgIpc) is 2.95. The first-order chi connectivity index (χ1) is 18.5. The zero-order valence-corrected chi connectivity index (χ0v) is 22.5. The minimum atomic E-state index is -0.198. The maximum atomic E-state index is 12.8. The van der Waals surface area contributed by atoms with Crippen LogP contribution in [-0.2, 0) is 13.2 Å². The quantitative estimate of drug-likeness (QED) is 0.255. The van der Waals surface area contributed by atoms with Crippen LogP contribution in [0.15, 0.2) is 97.1 Å². The van der Waals surface area contributed by atoms with Crippen LogP contribution < -0.4 is 15.0 Å². The number of hydrogen-bond acceptors (Lipinski definition) is 4. The maximum Gasteiger partial charge on any atom is 0.255 e. The summed E-state index contributed by atoms with van der Waals surface area (Å²) in [7, 11) is 0. The smallest absolute Gasteiger partial charge is 0.255 e. The summed E-state index contributed by atoms with van der Waals surface area (Å²) in [6, 6.07) is 30.8. The van der Waals surface area contributed by atoms with Crippen LogP contribution >= 0.6 is 23.2 Å². The number of hydrogen-bond donors (Lipinski definition) is 1. The van der Waals surface area contributed by atoms with E-state index in [9.17, 15) is 4.79 Å². The van der Waals surface area contributed by atoms with Gasteiger partial charge in [-0.05, 0) is 59.7 Å². The van der Waals surface area contributed by atoms with Gasteiger partial charge in [-0.15, -0.1) is 0 Å². The molecule has 1 aliphatic rings. The van der Waals surface area contributed by atoms with Crippen LogP contribution in [0.4, 0.5) is 11.4 Å². The summed E-state index contributed by atoms with van der Waals surface area (Å²) in [5.74, 6) is 0.515. The van der Waals surface area contributed by atoms with Crippen LogP contribution in [-0.4, -0.2) is 37.0 Å². The number of benzene rings is 4. The van der Waals surface area contributed by atoms with Crippen LogP contribution in [0.1, 0.15) is 21.5 Å².